The molecule has 1 fully saturated rings. The lowest BCUT2D eigenvalue weighted by Crippen LogP contribution is -2.36. The second-order valence-electron chi connectivity index (χ2n) is 7.31. The van der Waals surface area contributed by atoms with Gasteiger partial charge in [0.1, 0.15) is 5.60 Å². The summed E-state index contributed by atoms with van der Waals surface area (Å²) >= 11 is 0. The van der Waals surface area contributed by atoms with Crippen LogP contribution in [-0.2, 0) is 4.74 Å². The highest BCUT2D eigenvalue weighted by atomic mass is 16.6. The highest BCUT2D eigenvalue weighted by Crippen LogP contribution is 2.19. The third-order valence-corrected chi connectivity index (χ3v) is 3.92. The standard InChI is InChI=1S/C17H24N6O2/c1-12-5-7-14(8-6-12)23-15(19-20-21-23)18-13-9-10-22(11-13)16(24)25-17(2,3)4/h5-8,13H,9-11H2,1-4H3,(H,18,19,21). The van der Waals surface area contributed by atoms with Crippen LogP contribution in [0.5, 0.6) is 0 Å². The van der Waals surface area contributed by atoms with E-state index in [4.69, 9.17) is 4.74 Å². The Bertz CT molecular complexity index is 734. The first kappa shape index (κ1) is 17.2. The van der Waals surface area contributed by atoms with Gasteiger partial charge in [-0.05, 0) is 56.7 Å². The Hall–Kier alpha value is -2.64. The number of carbonyl (C=O) groups excluding carboxylic acids is 1. The second kappa shape index (κ2) is 6.70. The Labute approximate surface area is 147 Å². The minimum atomic E-state index is -0.488. The molecule has 1 amide bonds. The molecule has 0 aliphatic carbocycles. The monoisotopic (exact) mass is 344 g/mol. The van der Waals surface area contributed by atoms with Crippen molar-refractivity contribution < 1.29 is 9.53 Å². The van der Waals surface area contributed by atoms with Crippen LogP contribution in [0.25, 0.3) is 5.69 Å². The van der Waals surface area contributed by atoms with Crippen molar-refractivity contribution in [2.45, 2.75) is 45.8 Å². The molecule has 1 aliphatic heterocycles. The first-order valence-corrected chi connectivity index (χ1v) is 8.42. The summed E-state index contributed by atoms with van der Waals surface area (Å²) in [5, 5.41) is 15.2. The fraction of sp³-hybridized carbons (Fsp3) is 0.529. The van der Waals surface area contributed by atoms with E-state index in [0.717, 1.165) is 12.1 Å². The van der Waals surface area contributed by atoms with Crippen LogP contribution in [0.4, 0.5) is 10.7 Å². The van der Waals surface area contributed by atoms with Crippen molar-refractivity contribution in [3.05, 3.63) is 29.8 Å². The van der Waals surface area contributed by atoms with Crippen LogP contribution < -0.4 is 5.32 Å². The predicted molar refractivity (Wildman–Crippen MR) is 93.7 cm³/mol. The molecule has 0 spiro atoms. The lowest BCUT2D eigenvalue weighted by atomic mass is 10.2. The molecule has 0 bridgehead atoms. The van der Waals surface area contributed by atoms with Gasteiger partial charge in [0.15, 0.2) is 0 Å². The number of aryl methyl sites for hydroxylation is 1. The van der Waals surface area contributed by atoms with Gasteiger partial charge in [0.25, 0.3) is 0 Å². The lowest BCUT2D eigenvalue weighted by molar-refractivity contribution is 0.0293. The van der Waals surface area contributed by atoms with Gasteiger partial charge >= 0.3 is 6.09 Å². The molecule has 1 aromatic carbocycles. The van der Waals surface area contributed by atoms with Crippen LogP contribution in [0.3, 0.4) is 0 Å². The van der Waals surface area contributed by atoms with E-state index in [-0.39, 0.29) is 12.1 Å². The maximum absolute atomic E-state index is 12.2. The van der Waals surface area contributed by atoms with Crippen molar-refractivity contribution in [1.29, 1.82) is 0 Å². The summed E-state index contributed by atoms with van der Waals surface area (Å²) in [5.41, 5.74) is 1.58. The van der Waals surface area contributed by atoms with Gasteiger partial charge in [-0.3, -0.25) is 0 Å². The molecule has 3 rings (SSSR count). The van der Waals surface area contributed by atoms with Crippen LogP contribution in [0.1, 0.15) is 32.8 Å². The fourth-order valence-electron chi connectivity index (χ4n) is 2.69. The number of benzene rings is 1. The zero-order chi connectivity index (χ0) is 18.0. The summed E-state index contributed by atoms with van der Waals surface area (Å²) in [4.78, 5) is 13.9. The van der Waals surface area contributed by atoms with Crippen molar-refractivity contribution in [3.8, 4) is 5.69 Å². The topological polar surface area (TPSA) is 85.2 Å². The lowest BCUT2D eigenvalue weighted by Gasteiger charge is -2.24. The van der Waals surface area contributed by atoms with Crippen molar-refractivity contribution in [3.63, 3.8) is 0 Å². The van der Waals surface area contributed by atoms with Crippen LogP contribution in [0.2, 0.25) is 0 Å². The van der Waals surface area contributed by atoms with Gasteiger partial charge in [-0.15, -0.1) is 0 Å². The van der Waals surface area contributed by atoms with Gasteiger partial charge in [0.2, 0.25) is 5.95 Å². The van der Waals surface area contributed by atoms with Crippen LogP contribution in [0, 0.1) is 6.92 Å². The van der Waals surface area contributed by atoms with Crippen LogP contribution >= 0.6 is 0 Å². The maximum Gasteiger partial charge on any atom is 0.410 e. The molecule has 134 valence electrons. The number of hydrogen-bond acceptors (Lipinski definition) is 6. The molecule has 0 saturated carbocycles. The maximum atomic E-state index is 12.2. The van der Waals surface area contributed by atoms with Crippen molar-refractivity contribution >= 4 is 12.0 Å². The summed E-state index contributed by atoms with van der Waals surface area (Å²) in [5.74, 6) is 0.569. The molecule has 1 aliphatic rings. The van der Waals surface area contributed by atoms with Crippen LogP contribution in [-0.4, -0.2) is 55.9 Å². The number of ether oxygens (including phenoxy) is 1. The number of tetrazole rings is 1. The zero-order valence-electron chi connectivity index (χ0n) is 15.1. The number of anilines is 1. The minimum Gasteiger partial charge on any atom is -0.444 e. The van der Waals surface area contributed by atoms with Gasteiger partial charge < -0.3 is 15.0 Å². The highest BCUT2D eigenvalue weighted by Gasteiger charge is 2.30. The normalized spacial score (nSPS) is 17.6. The number of aromatic nitrogens is 4. The molecule has 2 heterocycles. The predicted octanol–water partition coefficient (Wildman–Crippen LogP) is 2.39. The summed E-state index contributed by atoms with van der Waals surface area (Å²) < 4.78 is 7.09. The third kappa shape index (κ3) is 4.26. The molecule has 25 heavy (non-hydrogen) atoms. The molecule has 1 saturated heterocycles. The number of hydrogen-bond donors (Lipinski definition) is 1. The minimum absolute atomic E-state index is 0.0858. The Kier molecular flexibility index (Phi) is 4.61. The molecule has 8 heteroatoms. The van der Waals surface area contributed by atoms with Gasteiger partial charge in [-0.1, -0.05) is 22.8 Å². The van der Waals surface area contributed by atoms with E-state index >= 15 is 0 Å². The smallest absolute Gasteiger partial charge is 0.410 e. The Morgan fingerprint density at radius 2 is 2.00 bits per heavy atom. The van der Waals surface area contributed by atoms with Gasteiger partial charge in [0.05, 0.1) is 5.69 Å². The molecular weight excluding hydrogens is 320 g/mol. The van der Waals surface area contributed by atoms with Gasteiger partial charge in [-0.25, -0.2) is 4.79 Å². The molecule has 0 radical (unpaired) electrons. The molecule has 2 aromatic rings. The fourth-order valence-corrected chi connectivity index (χ4v) is 2.69. The second-order valence-corrected chi connectivity index (χ2v) is 7.31. The zero-order valence-corrected chi connectivity index (χ0v) is 15.1. The molecule has 8 nitrogen and oxygen atoms in total. The molecule has 1 N–H and O–H groups in total. The number of carbonyl (C=O) groups is 1. The highest BCUT2D eigenvalue weighted by molar-refractivity contribution is 5.68. The van der Waals surface area contributed by atoms with Gasteiger partial charge in [-0.2, -0.15) is 4.68 Å². The first-order chi connectivity index (χ1) is 11.8. The molecule has 1 unspecified atom stereocenters. The first-order valence-electron chi connectivity index (χ1n) is 8.42. The summed E-state index contributed by atoms with van der Waals surface area (Å²) in [7, 11) is 0. The summed E-state index contributed by atoms with van der Waals surface area (Å²) in [6, 6.07) is 8.06. The average molecular weight is 344 g/mol. The van der Waals surface area contributed by atoms with E-state index in [1.54, 1.807) is 9.58 Å². The van der Waals surface area contributed by atoms with E-state index in [9.17, 15) is 4.79 Å². The number of amides is 1. The number of nitrogens with one attached hydrogen (secondary N) is 1. The van der Waals surface area contributed by atoms with E-state index in [2.05, 4.69) is 20.8 Å². The SMILES string of the molecule is Cc1ccc(-n2nnnc2NC2CCN(C(=O)OC(C)(C)C)C2)cc1. The third-order valence-electron chi connectivity index (χ3n) is 3.92. The van der Waals surface area contributed by atoms with Crippen molar-refractivity contribution in [1.82, 2.24) is 25.1 Å². The number of nitrogens with zero attached hydrogens (tertiary/aromatic N) is 5. The van der Waals surface area contributed by atoms with E-state index < -0.39 is 5.60 Å². The molecular formula is C17H24N6O2. The Balaban J connectivity index is 1.64. The Morgan fingerprint density at radius 3 is 2.68 bits per heavy atom. The van der Waals surface area contributed by atoms with Gasteiger partial charge in [0, 0.05) is 19.1 Å². The summed E-state index contributed by atoms with van der Waals surface area (Å²) in [6.07, 6.45) is 0.537. The van der Waals surface area contributed by atoms with E-state index in [0.29, 0.717) is 19.0 Å². The molecule has 1 aromatic heterocycles. The largest absolute Gasteiger partial charge is 0.444 e. The van der Waals surface area contributed by atoms with E-state index in [1.807, 2.05) is 52.0 Å². The van der Waals surface area contributed by atoms with Crippen molar-refractivity contribution in [2.24, 2.45) is 0 Å². The average Bonchev–Trinajstić information content (AvgIpc) is 3.16. The van der Waals surface area contributed by atoms with Crippen LogP contribution in [0.15, 0.2) is 24.3 Å². The number of likely N-dealkylation sites (tertiary alicyclic amines) is 1. The molecule has 1 atom stereocenters. The number of rotatable bonds is 3. The van der Waals surface area contributed by atoms with E-state index in [1.165, 1.54) is 5.56 Å². The summed E-state index contributed by atoms with van der Waals surface area (Å²) in [6.45, 7) is 8.85. The van der Waals surface area contributed by atoms with Crippen molar-refractivity contribution in [2.75, 3.05) is 18.4 Å². The Morgan fingerprint density at radius 1 is 1.28 bits per heavy atom. The quantitative estimate of drug-likeness (QED) is 0.920.